The van der Waals surface area contributed by atoms with E-state index in [1.807, 2.05) is 22.4 Å². The Kier molecular flexibility index (Phi) is 3.17. The normalized spacial score (nSPS) is 11.4. The second-order valence-corrected chi connectivity index (χ2v) is 4.83. The Morgan fingerprint density at radius 2 is 2.00 bits per heavy atom. The zero-order valence-corrected chi connectivity index (χ0v) is 12.4. The van der Waals surface area contributed by atoms with Crippen molar-refractivity contribution in [1.29, 1.82) is 0 Å². The Hall–Kier alpha value is -1.95. The first kappa shape index (κ1) is 13.1. The summed E-state index contributed by atoms with van der Waals surface area (Å²) in [7, 11) is 0. The van der Waals surface area contributed by atoms with Crippen molar-refractivity contribution in [2.24, 2.45) is 0 Å². The zero-order valence-electron chi connectivity index (χ0n) is 11.6. The number of aryl methyl sites for hydroxylation is 2. The number of imidazole rings is 1. The lowest BCUT2D eigenvalue weighted by Crippen LogP contribution is -2.01. The SMILES string of the molecule is CCn1ncc(-c2nc3c(Cl)ncnc3n2CC)c1C. The molecule has 3 rings (SSSR count). The van der Waals surface area contributed by atoms with Crippen molar-refractivity contribution in [2.45, 2.75) is 33.9 Å². The van der Waals surface area contributed by atoms with E-state index in [0.29, 0.717) is 10.7 Å². The fraction of sp³-hybridized carbons (Fsp3) is 0.385. The number of fused-ring (bicyclic) bond motifs is 1. The van der Waals surface area contributed by atoms with Crippen LogP contribution in [0.5, 0.6) is 0 Å². The van der Waals surface area contributed by atoms with E-state index in [1.165, 1.54) is 6.33 Å². The first-order valence-corrected chi connectivity index (χ1v) is 6.94. The van der Waals surface area contributed by atoms with Gasteiger partial charge in [-0.1, -0.05) is 11.6 Å². The Bertz CT molecular complexity index is 773. The highest BCUT2D eigenvalue weighted by atomic mass is 35.5. The van der Waals surface area contributed by atoms with E-state index in [1.54, 1.807) is 0 Å². The molecule has 104 valence electrons. The highest BCUT2D eigenvalue weighted by Crippen LogP contribution is 2.28. The molecule has 0 amide bonds. The van der Waals surface area contributed by atoms with Crippen LogP contribution in [0.3, 0.4) is 0 Å². The van der Waals surface area contributed by atoms with E-state index in [-0.39, 0.29) is 0 Å². The molecule has 0 aliphatic rings. The van der Waals surface area contributed by atoms with Gasteiger partial charge in [0.05, 0.1) is 11.8 Å². The van der Waals surface area contributed by atoms with Crippen LogP contribution in [0.4, 0.5) is 0 Å². The predicted molar refractivity (Wildman–Crippen MR) is 77.6 cm³/mol. The van der Waals surface area contributed by atoms with Gasteiger partial charge in [0.25, 0.3) is 0 Å². The molecule has 0 aliphatic carbocycles. The molecule has 0 aromatic carbocycles. The quantitative estimate of drug-likeness (QED) is 0.696. The van der Waals surface area contributed by atoms with Crippen molar-refractivity contribution in [3.8, 4) is 11.4 Å². The molecule has 0 saturated heterocycles. The minimum absolute atomic E-state index is 0.379. The Balaban J connectivity index is 2.30. The monoisotopic (exact) mass is 290 g/mol. The molecule has 0 bridgehead atoms. The number of rotatable bonds is 3. The fourth-order valence-corrected chi connectivity index (χ4v) is 2.57. The third-order valence-electron chi connectivity index (χ3n) is 3.45. The molecule has 3 heterocycles. The summed E-state index contributed by atoms with van der Waals surface area (Å²) < 4.78 is 3.98. The molecule has 0 radical (unpaired) electrons. The van der Waals surface area contributed by atoms with Crippen LogP contribution in [-0.4, -0.2) is 29.3 Å². The molecule has 0 atom stereocenters. The molecule has 3 aromatic rings. The number of nitrogens with zero attached hydrogens (tertiary/aromatic N) is 6. The molecule has 0 N–H and O–H groups in total. The van der Waals surface area contributed by atoms with Gasteiger partial charge in [0.15, 0.2) is 10.8 Å². The van der Waals surface area contributed by atoms with Gasteiger partial charge >= 0.3 is 0 Å². The molecule has 0 unspecified atom stereocenters. The maximum absolute atomic E-state index is 6.11. The Labute approximate surface area is 121 Å². The second kappa shape index (κ2) is 4.86. The van der Waals surface area contributed by atoms with Gasteiger partial charge in [0, 0.05) is 18.8 Å². The highest BCUT2D eigenvalue weighted by Gasteiger charge is 2.18. The lowest BCUT2D eigenvalue weighted by molar-refractivity contribution is 0.640. The molecule has 3 aromatic heterocycles. The van der Waals surface area contributed by atoms with E-state index < -0.39 is 0 Å². The maximum atomic E-state index is 6.11. The van der Waals surface area contributed by atoms with E-state index in [2.05, 4.69) is 33.9 Å². The first-order chi connectivity index (χ1) is 9.67. The van der Waals surface area contributed by atoms with E-state index in [4.69, 9.17) is 11.6 Å². The molecular formula is C13H15ClN6. The first-order valence-electron chi connectivity index (χ1n) is 6.56. The molecule has 20 heavy (non-hydrogen) atoms. The Morgan fingerprint density at radius 3 is 2.65 bits per heavy atom. The summed E-state index contributed by atoms with van der Waals surface area (Å²) in [6, 6.07) is 0. The lowest BCUT2D eigenvalue weighted by Gasteiger charge is -2.05. The summed E-state index contributed by atoms with van der Waals surface area (Å²) in [6.45, 7) is 7.75. The van der Waals surface area contributed by atoms with Crippen LogP contribution in [-0.2, 0) is 13.1 Å². The van der Waals surface area contributed by atoms with E-state index >= 15 is 0 Å². The maximum Gasteiger partial charge on any atom is 0.165 e. The van der Waals surface area contributed by atoms with Crippen molar-refractivity contribution in [2.75, 3.05) is 0 Å². The third kappa shape index (κ3) is 1.79. The van der Waals surface area contributed by atoms with Crippen LogP contribution in [0, 0.1) is 6.92 Å². The largest absolute Gasteiger partial charge is 0.309 e. The molecule has 6 nitrogen and oxygen atoms in total. The van der Waals surface area contributed by atoms with E-state index in [0.717, 1.165) is 35.8 Å². The number of aromatic nitrogens is 6. The second-order valence-electron chi connectivity index (χ2n) is 4.48. The summed E-state index contributed by atoms with van der Waals surface area (Å²) in [5, 5.41) is 4.75. The van der Waals surface area contributed by atoms with Crippen molar-refractivity contribution in [1.82, 2.24) is 29.3 Å². The van der Waals surface area contributed by atoms with Gasteiger partial charge in [-0.15, -0.1) is 0 Å². The molecule has 0 saturated carbocycles. The highest BCUT2D eigenvalue weighted by molar-refractivity contribution is 6.33. The van der Waals surface area contributed by atoms with Crippen LogP contribution >= 0.6 is 11.6 Å². The number of halogens is 1. The smallest absolute Gasteiger partial charge is 0.165 e. The molecule has 0 spiro atoms. The van der Waals surface area contributed by atoms with E-state index in [9.17, 15) is 0 Å². The van der Waals surface area contributed by atoms with Crippen LogP contribution in [0.2, 0.25) is 5.15 Å². The molecule has 0 aliphatic heterocycles. The van der Waals surface area contributed by atoms with Crippen molar-refractivity contribution in [3.63, 3.8) is 0 Å². The molecular weight excluding hydrogens is 276 g/mol. The summed E-state index contributed by atoms with van der Waals surface area (Å²) in [5.74, 6) is 0.835. The topological polar surface area (TPSA) is 61.4 Å². The molecule has 0 fully saturated rings. The summed E-state index contributed by atoms with van der Waals surface area (Å²) in [6.07, 6.45) is 3.30. The summed E-state index contributed by atoms with van der Waals surface area (Å²) in [4.78, 5) is 12.9. The van der Waals surface area contributed by atoms with Gasteiger partial charge in [-0.2, -0.15) is 5.10 Å². The van der Waals surface area contributed by atoms with Gasteiger partial charge in [-0.25, -0.2) is 15.0 Å². The van der Waals surface area contributed by atoms with Gasteiger partial charge in [-0.3, -0.25) is 4.68 Å². The minimum Gasteiger partial charge on any atom is -0.309 e. The van der Waals surface area contributed by atoms with Crippen LogP contribution in [0.25, 0.3) is 22.6 Å². The minimum atomic E-state index is 0.379. The van der Waals surface area contributed by atoms with Gasteiger partial charge < -0.3 is 4.57 Å². The number of hydrogen-bond acceptors (Lipinski definition) is 4. The summed E-state index contributed by atoms with van der Waals surface area (Å²) >= 11 is 6.11. The average Bonchev–Trinajstić information content (AvgIpc) is 2.99. The summed E-state index contributed by atoms with van der Waals surface area (Å²) in [5.41, 5.74) is 3.48. The number of hydrogen-bond donors (Lipinski definition) is 0. The van der Waals surface area contributed by atoms with Crippen molar-refractivity contribution < 1.29 is 0 Å². The van der Waals surface area contributed by atoms with Gasteiger partial charge in [0.2, 0.25) is 0 Å². The predicted octanol–water partition coefficient (Wildman–Crippen LogP) is 2.69. The lowest BCUT2D eigenvalue weighted by atomic mass is 10.2. The van der Waals surface area contributed by atoms with Crippen LogP contribution < -0.4 is 0 Å². The van der Waals surface area contributed by atoms with Gasteiger partial charge in [0.1, 0.15) is 17.7 Å². The van der Waals surface area contributed by atoms with Gasteiger partial charge in [-0.05, 0) is 20.8 Å². The zero-order chi connectivity index (χ0) is 14.3. The average molecular weight is 291 g/mol. The Morgan fingerprint density at radius 1 is 1.20 bits per heavy atom. The fourth-order valence-electron chi connectivity index (χ4n) is 2.40. The molecule has 7 heteroatoms. The van der Waals surface area contributed by atoms with Crippen LogP contribution in [0.15, 0.2) is 12.5 Å². The van der Waals surface area contributed by atoms with Crippen molar-refractivity contribution in [3.05, 3.63) is 23.4 Å². The standard InChI is InChI=1S/C13H15ClN6/c1-4-19-12(9-6-17-20(5-2)8(9)3)18-10-11(14)15-7-16-13(10)19/h6-7H,4-5H2,1-3H3. The van der Waals surface area contributed by atoms with Crippen molar-refractivity contribution >= 4 is 22.8 Å². The van der Waals surface area contributed by atoms with Crippen LogP contribution in [0.1, 0.15) is 19.5 Å². The third-order valence-corrected chi connectivity index (χ3v) is 3.72.